The van der Waals surface area contributed by atoms with Crippen LogP contribution in [0.5, 0.6) is 5.75 Å². The van der Waals surface area contributed by atoms with Crippen LogP contribution in [0.25, 0.3) is 0 Å². The molecule has 0 radical (unpaired) electrons. The lowest BCUT2D eigenvalue weighted by atomic mass is 9.94. The summed E-state index contributed by atoms with van der Waals surface area (Å²) in [5, 5.41) is 7.07. The van der Waals surface area contributed by atoms with Gasteiger partial charge in [-0.15, -0.1) is 0 Å². The zero-order valence-corrected chi connectivity index (χ0v) is 18.5. The summed E-state index contributed by atoms with van der Waals surface area (Å²) in [7, 11) is 0. The topological polar surface area (TPSA) is 100 Å². The molecule has 0 bridgehead atoms. The van der Waals surface area contributed by atoms with E-state index < -0.39 is 0 Å². The Morgan fingerprint density at radius 2 is 2.12 bits per heavy atom. The van der Waals surface area contributed by atoms with Crippen molar-refractivity contribution in [2.45, 2.75) is 64.3 Å². The molecule has 1 saturated heterocycles. The molecule has 0 unspecified atom stereocenters. The van der Waals surface area contributed by atoms with Crippen molar-refractivity contribution in [3.63, 3.8) is 0 Å². The van der Waals surface area contributed by atoms with Gasteiger partial charge in [0.05, 0.1) is 6.61 Å². The molecule has 172 valence electrons. The summed E-state index contributed by atoms with van der Waals surface area (Å²) < 4.78 is 5.65. The molecule has 3 heterocycles. The van der Waals surface area contributed by atoms with Crippen molar-refractivity contribution in [2.24, 2.45) is 11.0 Å². The van der Waals surface area contributed by atoms with Crippen LogP contribution in [0.2, 0.25) is 0 Å². The average molecular weight is 441 g/mol. The monoisotopic (exact) mass is 440 g/mol. The molecule has 4 rings (SSSR count). The Morgan fingerprint density at radius 3 is 2.97 bits per heavy atom. The third kappa shape index (κ3) is 6.08. The third-order valence-corrected chi connectivity index (χ3v) is 6.42. The van der Waals surface area contributed by atoms with Gasteiger partial charge in [0.1, 0.15) is 5.75 Å². The highest BCUT2D eigenvalue weighted by atomic mass is 16.5. The summed E-state index contributed by atoms with van der Waals surface area (Å²) in [4.78, 5) is 38.2. The van der Waals surface area contributed by atoms with Gasteiger partial charge in [0.25, 0.3) is 0 Å². The molecule has 2 N–H and O–H groups in total. The van der Waals surface area contributed by atoms with Crippen LogP contribution in [-0.4, -0.2) is 48.0 Å². The van der Waals surface area contributed by atoms with Crippen LogP contribution in [-0.2, 0) is 27.3 Å². The number of benzene rings is 1. The number of likely N-dealkylation sites (tertiary alicyclic amines) is 1. The van der Waals surface area contributed by atoms with E-state index >= 15 is 0 Å². The fourth-order valence-electron chi connectivity index (χ4n) is 4.62. The van der Waals surface area contributed by atoms with E-state index in [1.54, 1.807) is 0 Å². The Kier molecular flexibility index (Phi) is 7.39. The van der Waals surface area contributed by atoms with Crippen LogP contribution in [0, 0.1) is 5.92 Å². The van der Waals surface area contributed by atoms with E-state index in [2.05, 4.69) is 21.9 Å². The minimum absolute atomic E-state index is 0.0329. The first kappa shape index (κ1) is 22.3. The first-order valence-electron chi connectivity index (χ1n) is 11.7. The molecule has 3 amide bonds. The maximum absolute atomic E-state index is 12.6. The number of carbonyl (C=O) groups is 3. The maximum atomic E-state index is 12.6. The molecule has 0 spiro atoms. The highest BCUT2D eigenvalue weighted by Crippen LogP contribution is 2.26. The fraction of sp³-hybridized carbons (Fsp3) is 0.583. The van der Waals surface area contributed by atoms with Gasteiger partial charge >= 0.3 is 0 Å². The second-order valence-electron chi connectivity index (χ2n) is 8.94. The lowest BCUT2D eigenvalue weighted by Gasteiger charge is -2.32. The van der Waals surface area contributed by atoms with E-state index in [1.165, 1.54) is 5.56 Å². The van der Waals surface area contributed by atoms with E-state index in [0.717, 1.165) is 55.9 Å². The van der Waals surface area contributed by atoms with E-state index in [-0.39, 0.29) is 23.6 Å². The number of nitrogens with one attached hydrogen (secondary N) is 2. The molecule has 0 saturated carbocycles. The van der Waals surface area contributed by atoms with Crippen LogP contribution < -0.4 is 15.5 Å². The van der Waals surface area contributed by atoms with Gasteiger partial charge in [-0.05, 0) is 61.6 Å². The van der Waals surface area contributed by atoms with Gasteiger partial charge < -0.3 is 15.0 Å². The molecule has 32 heavy (non-hydrogen) atoms. The first-order valence-corrected chi connectivity index (χ1v) is 11.7. The molecular weight excluding hydrogens is 408 g/mol. The van der Waals surface area contributed by atoms with Crippen molar-refractivity contribution in [1.29, 1.82) is 0 Å². The Hall–Kier alpha value is -2.90. The number of carbonyl (C=O) groups excluding carboxylic acids is 3. The Labute approximate surface area is 188 Å². The largest absolute Gasteiger partial charge is 0.493 e. The fourth-order valence-corrected chi connectivity index (χ4v) is 4.62. The first-order chi connectivity index (χ1) is 15.6. The number of hydrazone groups is 1. The van der Waals surface area contributed by atoms with E-state index in [4.69, 9.17) is 4.74 Å². The Balaban J connectivity index is 1.20. The number of hydrogen-bond acceptors (Lipinski definition) is 5. The standard InChI is InChI=1S/C24H32N4O4/c29-22-9-6-20(26-27-22)7-10-24(31)28-11-1-3-18(16-28)14-23(30)25-15-17-5-8-21-19(13-17)4-2-12-32-21/h5,8,13,18H,1-4,6-7,9-12,14-16H2,(H,25,30)(H,27,29)/t18-/m1/s1. The number of hydrogen-bond donors (Lipinski definition) is 2. The van der Waals surface area contributed by atoms with Crippen molar-refractivity contribution in [2.75, 3.05) is 19.7 Å². The quantitative estimate of drug-likeness (QED) is 0.679. The molecule has 3 aliphatic rings. The zero-order chi connectivity index (χ0) is 22.3. The molecule has 1 fully saturated rings. The number of piperidine rings is 1. The number of ether oxygens (including phenoxy) is 1. The normalized spacial score (nSPS) is 20.5. The Morgan fingerprint density at radius 1 is 1.22 bits per heavy atom. The molecule has 3 aliphatic heterocycles. The van der Waals surface area contributed by atoms with Gasteiger partial charge in [0.15, 0.2) is 0 Å². The summed E-state index contributed by atoms with van der Waals surface area (Å²) in [6.07, 6.45) is 6.41. The molecular formula is C24H32N4O4. The summed E-state index contributed by atoms with van der Waals surface area (Å²) in [6.45, 7) is 2.67. The second kappa shape index (κ2) is 10.6. The lowest BCUT2D eigenvalue weighted by Crippen LogP contribution is -2.41. The molecule has 1 aromatic rings. The predicted molar refractivity (Wildman–Crippen MR) is 120 cm³/mol. The second-order valence-corrected chi connectivity index (χ2v) is 8.94. The number of fused-ring (bicyclic) bond motifs is 1. The van der Waals surface area contributed by atoms with Crippen LogP contribution in [0.1, 0.15) is 62.5 Å². The molecule has 0 aromatic heterocycles. The third-order valence-electron chi connectivity index (χ3n) is 6.42. The maximum Gasteiger partial charge on any atom is 0.240 e. The predicted octanol–water partition coefficient (Wildman–Crippen LogP) is 2.30. The van der Waals surface area contributed by atoms with Crippen LogP contribution in [0.4, 0.5) is 0 Å². The summed E-state index contributed by atoms with van der Waals surface area (Å²) in [6, 6.07) is 6.12. The SMILES string of the molecule is O=C(C[C@H]1CCCN(C(=O)CCC2=NNC(=O)CC2)C1)NCc1ccc2c(c1)CCCO2. The van der Waals surface area contributed by atoms with Crippen molar-refractivity contribution < 1.29 is 19.1 Å². The van der Waals surface area contributed by atoms with Crippen molar-refractivity contribution >= 4 is 23.4 Å². The van der Waals surface area contributed by atoms with Crippen molar-refractivity contribution in [3.8, 4) is 5.75 Å². The number of rotatable bonds is 7. The van der Waals surface area contributed by atoms with Gasteiger partial charge in [0.2, 0.25) is 17.7 Å². The van der Waals surface area contributed by atoms with E-state index in [9.17, 15) is 14.4 Å². The van der Waals surface area contributed by atoms with Gasteiger partial charge in [-0.25, -0.2) is 5.43 Å². The molecule has 8 heteroatoms. The van der Waals surface area contributed by atoms with Gasteiger partial charge in [-0.3, -0.25) is 14.4 Å². The summed E-state index contributed by atoms with van der Waals surface area (Å²) in [5.74, 6) is 1.21. The molecule has 1 atom stereocenters. The van der Waals surface area contributed by atoms with E-state index in [1.807, 2.05) is 17.0 Å². The molecule has 8 nitrogen and oxygen atoms in total. The lowest BCUT2D eigenvalue weighted by molar-refractivity contribution is -0.134. The van der Waals surface area contributed by atoms with Crippen molar-refractivity contribution in [1.82, 2.24) is 15.6 Å². The van der Waals surface area contributed by atoms with Gasteiger partial charge in [-0.1, -0.05) is 12.1 Å². The van der Waals surface area contributed by atoms with Crippen LogP contribution in [0.15, 0.2) is 23.3 Å². The highest BCUT2D eigenvalue weighted by molar-refractivity contribution is 5.94. The number of aryl methyl sites for hydroxylation is 1. The summed E-state index contributed by atoms with van der Waals surface area (Å²) in [5.41, 5.74) is 5.65. The Bertz CT molecular complexity index is 898. The smallest absolute Gasteiger partial charge is 0.240 e. The molecule has 1 aromatic carbocycles. The van der Waals surface area contributed by atoms with Gasteiger partial charge in [0, 0.05) is 44.6 Å². The minimum Gasteiger partial charge on any atom is -0.493 e. The number of nitrogens with zero attached hydrogens (tertiary/aromatic N) is 2. The van der Waals surface area contributed by atoms with Crippen molar-refractivity contribution in [3.05, 3.63) is 29.3 Å². The van der Waals surface area contributed by atoms with E-state index in [0.29, 0.717) is 45.2 Å². The average Bonchev–Trinajstić information content (AvgIpc) is 2.82. The minimum atomic E-state index is -0.0714. The highest BCUT2D eigenvalue weighted by Gasteiger charge is 2.25. The molecule has 0 aliphatic carbocycles. The van der Waals surface area contributed by atoms with Crippen LogP contribution >= 0.6 is 0 Å². The number of amides is 3. The zero-order valence-electron chi connectivity index (χ0n) is 18.5. The summed E-state index contributed by atoms with van der Waals surface area (Å²) >= 11 is 0. The van der Waals surface area contributed by atoms with Crippen LogP contribution in [0.3, 0.4) is 0 Å². The van der Waals surface area contributed by atoms with Gasteiger partial charge in [-0.2, -0.15) is 5.10 Å².